The van der Waals surface area contributed by atoms with Gasteiger partial charge in [0.1, 0.15) is 11.6 Å². The molecule has 0 amide bonds. The molecule has 0 atom stereocenters. The number of para-hydroxylation sites is 1. The van der Waals surface area contributed by atoms with Crippen molar-refractivity contribution >= 4 is 23.2 Å². The number of rotatable bonds is 6. The zero-order valence-corrected chi connectivity index (χ0v) is 17.9. The van der Waals surface area contributed by atoms with Gasteiger partial charge in [0, 0.05) is 24.9 Å². The highest BCUT2D eigenvalue weighted by Crippen LogP contribution is 2.35. The van der Waals surface area contributed by atoms with E-state index in [4.69, 9.17) is 32.7 Å². The molecule has 4 rings (SSSR count). The molecular weight excluding hydrogens is 423 g/mol. The zero-order valence-electron chi connectivity index (χ0n) is 16.3. The van der Waals surface area contributed by atoms with Crippen LogP contribution in [0, 0.1) is 6.92 Å². The maximum Gasteiger partial charge on any atom is 0.222 e. The van der Waals surface area contributed by atoms with Crippen molar-refractivity contribution in [3.8, 4) is 23.1 Å². The molecule has 0 aliphatic rings. The molecule has 0 spiro atoms. The first kappa shape index (κ1) is 20.2. The molecule has 0 aliphatic heterocycles. The lowest BCUT2D eigenvalue weighted by Gasteiger charge is -2.12. The van der Waals surface area contributed by atoms with Gasteiger partial charge in [0.25, 0.3) is 0 Å². The standard InChI is InChI=1S/C22H18Cl2N4O2/c1-14-12-28(13-26-14)18-7-6-15(10-19(18)29-2)11-20-25-9-8-21(27-20)30-22-16(23)4-3-5-17(22)24/h3-10,12-13H,11H2,1-2H3. The number of hydrogen-bond acceptors (Lipinski definition) is 5. The van der Waals surface area contributed by atoms with Crippen molar-refractivity contribution in [3.63, 3.8) is 0 Å². The van der Waals surface area contributed by atoms with Crippen molar-refractivity contribution in [2.24, 2.45) is 0 Å². The number of nitrogens with zero attached hydrogens (tertiary/aromatic N) is 4. The minimum Gasteiger partial charge on any atom is -0.495 e. The fourth-order valence-electron chi connectivity index (χ4n) is 2.99. The molecule has 0 saturated heterocycles. The van der Waals surface area contributed by atoms with E-state index in [1.807, 2.05) is 35.9 Å². The van der Waals surface area contributed by atoms with Crippen molar-refractivity contribution in [1.82, 2.24) is 19.5 Å². The average molecular weight is 441 g/mol. The fraction of sp³-hybridized carbons (Fsp3) is 0.136. The summed E-state index contributed by atoms with van der Waals surface area (Å²) in [6.45, 7) is 1.94. The van der Waals surface area contributed by atoms with Gasteiger partial charge in [0.05, 0.1) is 34.9 Å². The van der Waals surface area contributed by atoms with Gasteiger partial charge in [-0.15, -0.1) is 0 Å². The van der Waals surface area contributed by atoms with Crippen molar-refractivity contribution in [3.05, 3.63) is 88.3 Å². The highest BCUT2D eigenvalue weighted by Gasteiger charge is 2.12. The Labute approximate surface area is 184 Å². The number of benzene rings is 2. The quantitative estimate of drug-likeness (QED) is 0.386. The number of ether oxygens (including phenoxy) is 2. The molecule has 0 saturated carbocycles. The second-order valence-corrected chi connectivity index (χ2v) is 7.38. The van der Waals surface area contributed by atoms with E-state index in [2.05, 4.69) is 15.0 Å². The highest BCUT2D eigenvalue weighted by atomic mass is 35.5. The Kier molecular flexibility index (Phi) is 5.88. The SMILES string of the molecule is COc1cc(Cc2nccc(Oc3c(Cl)cccc3Cl)n2)ccc1-n1cnc(C)c1. The van der Waals surface area contributed by atoms with Crippen molar-refractivity contribution in [1.29, 1.82) is 0 Å². The van der Waals surface area contributed by atoms with Crippen LogP contribution in [0.5, 0.6) is 17.4 Å². The fourth-order valence-corrected chi connectivity index (χ4v) is 3.46. The Hall–Kier alpha value is -3.09. The topological polar surface area (TPSA) is 62.1 Å². The summed E-state index contributed by atoms with van der Waals surface area (Å²) in [6.07, 6.45) is 5.85. The van der Waals surface area contributed by atoms with Gasteiger partial charge in [-0.1, -0.05) is 35.3 Å². The average Bonchev–Trinajstić information content (AvgIpc) is 3.17. The molecule has 2 heterocycles. The largest absolute Gasteiger partial charge is 0.495 e. The summed E-state index contributed by atoms with van der Waals surface area (Å²) in [5, 5.41) is 0.829. The number of halogens is 2. The van der Waals surface area contributed by atoms with E-state index >= 15 is 0 Å². The lowest BCUT2D eigenvalue weighted by atomic mass is 10.1. The van der Waals surface area contributed by atoms with Crippen LogP contribution in [0.1, 0.15) is 17.1 Å². The molecule has 0 fully saturated rings. The lowest BCUT2D eigenvalue weighted by molar-refractivity contribution is 0.412. The van der Waals surface area contributed by atoms with Gasteiger partial charge < -0.3 is 14.0 Å². The number of hydrogen-bond donors (Lipinski definition) is 0. The Morgan fingerprint density at radius 2 is 1.83 bits per heavy atom. The summed E-state index contributed by atoms with van der Waals surface area (Å²) in [5.74, 6) is 2.07. The monoisotopic (exact) mass is 440 g/mol. The minimum atomic E-state index is 0.368. The maximum absolute atomic E-state index is 6.18. The number of aryl methyl sites for hydroxylation is 1. The van der Waals surface area contributed by atoms with Gasteiger partial charge >= 0.3 is 0 Å². The highest BCUT2D eigenvalue weighted by molar-refractivity contribution is 6.37. The van der Waals surface area contributed by atoms with Gasteiger partial charge in [-0.3, -0.25) is 0 Å². The molecule has 0 aliphatic carbocycles. The summed E-state index contributed by atoms with van der Waals surface area (Å²) in [5.41, 5.74) is 2.85. The minimum absolute atomic E-state index is 0.368. The molecule has 30 heavy (non-hydrogen) atoms. The van der Waals surface area contributed by atoms with Crippen LogP contribution in [0.15, 0.2) is 61.2 Å². The third-order valence-corrected chi connectivity index (χ3v) is 5.00. The molecule has 0 N–H and O–H groups in total. The Balaban J connectivity index is 1.57. The van der Waals surface area contributed by atoms with Crippen LogP contribution >= 0.6 is 23.2 Å². The van der Waals surface area contributed by atoms with Gasteiger partial charge in [0.15, 0.2) is 5.75 Å². The van der Waals surface area contributed by atoms with Crippen LogP contribution in [0.4, 0.5) is 0 Å². The molecule has 4 aromatic rings. The summed E-state index contributed by atoms with van der Waals surface area (Å²) in [7, 11) is 1.64. The smallest absolute Gasteiger partial charge is 0.222 e. The molecule has 2 aromatic carbocycles. The first-order chi connectivity index (χ1) is 14.5. The van der Waals surface area contributed by atoms with Crippen molar-refractivity contribution in [2.45, 2.75) is 13.3 Å². The summed E-state index contributed by atoms with van der Waals surface area (Å²) in [4.78, 5) is 13.1. The molecule has 152 valence electrons. The summed E-state index contributed by atoms with van der Waals surface area (Å²) >= 11 is 12.4. The van der Waals surface area contributed by atoms with Crippen LogP contribution < -0.4 is 9.47 Å². The Bertz CT molecular complexity index is 1170. The van der Waals surface area contributed by atoms with Crippen LogP contribution in [-0.4, -0.2) is 26.6 Å². The molecule has 0 unspecified atom stereocenters. The van der Waals surface area contributed by atoms with Gasteiger partial charge in [-0.2, -0.15) is 4.98 Å². The molecule has 0 bridgehead atoms. The molecular formula is C22H18Cl2N4O2. The van der Waals surface area contributed by atoms with Crippen LogP contribution in [-0.2, 0) is 6.42 Å². The van der Waals surface area contributed by atoms with E-state index in [1.165, 1.54) is 0 Å². The van der Waals surface area contributed by atoms with Gasteiger partial charge in [-0.05, 0) is 36.8 Å². The Morgan fingerprint density at radius 1 is 1.03 bits per heavy atom. The Morgan fingerprint density at radius 3 is 2.53 bits per heavy atom. The third-order valence-electron chi connectivity index (χ3n) is 4.40. The third kappa shape index (κ3) is 4.40. The molecule has 6 nitrogen and oxygen atoms in total. The van der Waals surface area contributed by atoms with Crippen LogP contribution in [0.3, 0.4) is 0 Å². The normalized spacial score (nSPS) is 10.8. The van der Waals surface area contributed by atoms with Crippen molar-refractivity contribution in [2.75, 3.05) is 7.11 Å². The molecule has 0 radical (unpaired) electrons. The van der Waals surface area contributed by atoms with E-state index in [-0.39, 0.29) is 0 Å². The predicted octanol–water partition coefficient (Wildman–Crippen LogP) is 5.67. The van der Waals surface area contributed by atoms with E-state index in [0.717, 1.165) is 22.7 Å². The second kappa shape index (κ2) is 8.73. The molecule has 2 aromatic heterocycles. The van der Waals surface area contributed by atoms with E-state index in [0.29, 0.717) is 33.9 Å². The number of methoxy groups -OCH3 is 1. The zero-order chi connectivity index (χ0) is 21.1. The van der Waals surface area contributed by atoms with Crippen molar-refractivity contribution < 1.29 is 9.47 Å². The van der Waals surface area contributed by atoms with E-state index in [9.17, 15) is 0 Å². The van der Waals surface area contributed by atoms with Gasteiger partial charge in [0.2, 0.25) is 5.88 Å². The maximum atomic E-state index is 6.18. The lowest BCUT2D eigenvalue weighted by Crippen LogP contribution is -2.01. The van der Waals surface area contributed by atoms with Crippen LogP contribution in [0.25, 0.3) is 5.69 Å². The van der Waals surface area contributed by atoms with E-state index in [1.54, 1.807) is 43.9 Å². The van der Waals surface area contributed by atoms with Crippen LogP contribution in [0.2, 0.25) is 10.0 Å². The second-order valence-electron chi connectivity index (χ2n) is 6.57. The number of aromatic nitrogens is 4. The summed E-state index contributed by atoms with van der Waals surface area (Å²) < 4.78 is 13.3. The number of imidazole rings is 1. The first-order valence-corrected chi connectivity index (χ1v) is 9.91. The molecule has 8 heteroatoms. The van der Waals surface area contributed by atoms with E-state index < -0.39 is 0 Å². The predicted molar refractivity (Wildman–Crippen MR) is 116 cm³/mol. The first-order valence-electron chi connectivity index (χ1n) is 9.15. The summed E-state index contributed by atoms with van der Waals surface area (Å²) in [6, 6.07) is 12.8. The van der Waals surface area contributed by atoms with Gasteiger partial charge in [-0.25, -0.2) is 9.97 Å².